The van der Waals surface area contributed by atoms with Crippen LogP contribution in [0, 0.1) is 0 Å². The van der Waals surface area contributed by atoms with Gasteiger partial charge >= 0.3 is 0 Å². The molecule has 0 unspecified atom stereocenters. The van der Waals surface area contributed by atoms with Gasteiger partial charge in [0.25, 0.3) is 0 Å². The Balaban J connectivity index is 2.51. The van der Waals surface area contributed by atoms with Gasteiger partial charge in [-0.1, -0.05) is 0 Å². The molecule has 0 fully saturated rings. The maximum atomic E-state index is 4.42. The summed E-state index contributed by atoms with van der Waals surface area (Å²) in [4.78, 5) is 4.42. The Morgan fingerprint density at radius 3 is 3.18 bits per heavy atom. The Hall–Kier alpha value is -0.0600. The summed E-state index contributed by atoms with van der Waals surface area (Å²) in [6, 6.07) is 0. The highest BCUT2D eigenvalue weighted by molar-refractivity contribution is 7.97. The van der Waals surface area contributed by atoms with Crippen LogP contribution in [0.4, 0.5) is 0 Å². The molecule has 0 spiro atoms. The SMILES string of the molecule is CNCc1csc(CSC)n1. The maximum Gasteiger partial charge on any atom is 0.103 e. The van der Waals surface area contributed by atoms with Crippen LogP contribution in [0.15, 0.2) is 5.38 Å². The number of nitrogens with one attached hydrogen (secondary N) is 1. The normalized spacial score (nSPS) is 10.4. The van der Waals surface area contributed by atoms with Crippen LogP contribution < -0.4 is 5.32 Å². The van der Waals surface area contributed by atoms with Gasteiger partial charge in [0.05, 0.1) is 5.69 Å². The van der Waals surface area contributed by atoms with Gasteiger partial charge in [0, 0.05) is 17.7 Å². The lowest BCUT2D eigenvalue weighted by Crippen LogP contribution is -2.05. The van der Waals surface area contributed by atoms with Crippen LogP contribution in [0.2, 0.25) is 0 Å². The smallest absolute Gasteiger partial charge is 0.103 e. The Bertz CT molecular complexity index is 189. The fourth-order valence-corrected chi connectivity index (χ4v) is 2.32. The minimum absolute atomic E-state index is 0.880. The van der Waals surface area contributed by atoms with E-state index in [1.807, 2.05) is 18.8 Å². The standard InChI is InChI=1S/C7H12N2S2/c1-8-3-6-4-11-7(9-6)5-10-2/h4,8H,3,5H2,1-2H3. The summed E-state index contributed by atoms with van der Waals surface area (Å²) in [5.41, 5.74) is 1.15. The van der Waals surface area contributed by atoms with Crippen LogP contribution in [-0.4, -0.2) is 18.3 Å². The Morgan fingerprint density at radius 2 is 2.55 bits per heavy atom. The maximum absolute atomic E-state index is 4.42. The Kier molecular flexibility index (Phi) is 3.90. The van der Waals surface area contributed by atoms with Crippen LogP contribution in [0.3, 0.4) is 0 Å². The molecule has 4 heteroatoms. The topological polar surface area (TPSA) is 24.9 Å². The van der Waals surface area contributed by atoms with Crippen LogP contribution in [0.5, 0.6) is 0 Å². The molecule has 0 amide bonds. The average molecular weight is 188 g/mol. The lowest BCUT2D eigenvalue weighted by Gasteiger charge is -1.91. The molecule has 1 rings (SSSR count). The monoisotopic (exact) mass is 188 g/mol. The molecule has 0 aliphatic carbocycles. The highest BCUT2D eigenvalue weighted by Gasteiger charge is 1.98. The van der Waals surface area contributed by atoms with Gasteiger partial charge in [-0.25, -0.2) is 4.98 Å². The lowest BCUT2D eigenvalue weighted by molar-refractivity contribution is 0.794. The van der Waals surface area contributed by atoms with E-state index in [0.29, 0.717) is 0 Å². The second-order valence-electron chi connectivity index (χ2n) is 2.20. The van der Waals surface area contributed by atoms with Crippen molar-refractivity contribution in [3.63, 3.8) is 0 Å². The molecule has 1 aromatic heterocycles. The molecule has 0 atom stereocenters. The molecule has 0 aromatic carbocycles. The van der Waals surface area contributed by atoms with Crippen LogP contribution in [-0.2, 0) is 12.3 Å². The van der Waals surface area contributed by atoms with E-state index >= 15 is 0 Å². The minimum Gasteiger partial charge on any atom is -0.314 e. The lowest BCUT2D eigenvalue weighted by atomic mass is 10.5. The molecule has 11 heavy (non-hydrogen) atoms. The molecule has 0 aliphatic rings. The predicted octanol–water partition coefficient (Wildman–Crippen LogP) is 1.73. The Morgan fingerprint density at radius 1 is 1.73 bits per heavy atom. The fourth-order valence-electron chi connectivity index (χ4n) is 0.801. The largest absolute Gasteiger partial charge is 0.314 e. The van der Waals surface area contributed by atoms with Crippen molar-refractivity contribution in [3.05, 3.63) is 16.1 Å². The first-order valence-corrected chi connectivity index (χ1v) is 5.71. The van der Waals surface area contributed by atoms with Gasteiger partial charge < -0.3 is 5.32 Å². The molecule has 0 radical (unpaired) electrons. The van der Waals surface area contributed by atoms with E-state index in [1.165, 1.54) is 5.01 Å². The summed E-state index contributed by atoms with van der Waals surface area (Å²) in [5.74, 6) is 1.04. The van der Waals surface area contributed by atoms with Gasteiger partial charge in [-0.3, -0.25) is 0 Å². The third-order valence-corrected chi connectivity index (χ3v) is 2.87. The number of aromatic nitrogens is 1. The summed E-state index contributed by atoms with van der Waals surface area (Å²) in [7, 11) is 1.94. The zero-order valence-corrected chi connectivity index (χ0v) is 8.39. The molecule has 0 aliphatic heterocycles. The summed E-state index contributed by atoms with van der Waals surface area (Å²) < 4.78 is 0. The number of thioether (sulfide) groups is 1. The molecule has 0 saturated carbocycles. The van der Waals surface area contributed by atoms with Gasteiger partial charge in [-0.05, 0) is 13.3 Å². The number of hydrogen-bond donors (Lipinski definition) is 1. The Labute approximate surface area is 75.4 Å². The first-order chi connectivity index (χ1) is 5.36. The highest BCUT2D eigenvalue weighted by atomic mass is 32.2. The third kappa shape index (κ3) is 2.81. The second-order valence-corrected chi connectivity index (χ2v) is 4.00. The second kappa shape index (κ2) is 4.74. The van der Waals surface area contributed by atoms with Crippen molar-refractivity contribution >= 4 is 23.1 Å². The summed E-state index contributed by atoms with van der Waals surface area (Å²) in [6.07, 6.45) is 2.10. The third-order valence-electron chi connectivity index (χ3n) is 1.23. The zero-order chi connectivity index (χ0) is 8.10. The number of thiazole rings is 1. The van der Waals surface area contributed by atoms with Crippen LogP contribution in [0.25, 0.3) is 0 Å². The van der Waals surface area contributed by atoms with E-state index in [2.05, 4.69) is 21.9 Å². The summed E-state index contributed by atoms with van der Waals surface area (Å²) in [5, 5.41) is 6.41. The summed E-state index contributed by atoms with van der Waals surface area (Å²) in [6.45, 7) is 0.880. The van der Waals surface area contributed by atoms with Gasteiger partial charge in [0.2, 0.25) is 0 Å². The highest BCUT2D eigenvalue weighted by Crippen LogP contribution is 2.14. The van der Waals surface area contributed by atoms with Crippen LogP contribution >= 0.6 is 23.1 Å². The van der Waals surface area contributed by atoms with Crippen molar-refractivity contribution in [2.45, 2.75) is 12.3 Å². The molecular formula is C7H12N2S2. The molecule has 1 aromatic rings. The summed E-state index contributed by atoms with van der Waals surface area (Å²) >= 11 is 3.56. The van der Waals surface area contributed by atoms with Gasteiger partial charge in [-0.15, -0.1) is 11.3 Å². The van der Waals surface area contributed by atoms with E-state index in [-0.39, 0.29) is 0 Å². The van der Waals surface area contributed by atoms with E-state index < -0.39 is 0 Å². The first kappa shape index (κ1) is 9.03. The van der Waals surface area contributed by atoms with Gasteiger partial charge in [-0.2, -0.15) is 11.8 Å². The predicted molar refractivity (Wildman–Crippen MR) is 52.1 cm³/mol. The van der Waals surface area contributed by atoms with E-state index in [0.717, 1.165) is 18.0 Å². The molecule has 0 bridgehead atoms. The first-order valence-electron chi connectivity index (χ1n) is 3.43. The number of nitrogens with zero attached hydrogens (tertiary/aromatic N) is 1. The fraction of sp³-hybridized carbons (Fsp3) is 0.571. The van der Waals surface area contributed by atoms with Gasteiger partial charge in [0.15, 0.2) is 0 Å². The minimum atomic E-state index is 0.880. The van der Waals surface area contributed by atoms with Crippen molar-refractivity contribution in [1.82, 2.24) is 10.3 Å². The quantitative estimate of drug-likeness (QED) is 0.779. The van der Waals surface area contributed by atoms with Crippen molar-refractivity contribution in [3.8, 4) is 0 Å². The van der Waals surface area contributed by atoms with Crippen molar-refractivity contribution in [2.24, 2.45) is 0 Å². The molecule has 1 heterocycles. The molecule has 0 saturated heterocycles. The van der Waals surface area contributed by atoms with E-state index in [9.17, 15) is 0 Å². The van der Waals surface area contributed by atoms with E-state index in [4.69, 9.17) is 0 Å². The molecule has 2 nitrogen and oxygen atoms in total. The van der Waals surface area contributed by atoms with E-state index in [1.54, 1.807) is 11.3 Å². The van der Waals surface area contributed by atoms with Crippen LogP contribution in [0.1, 0.15) is 10.7 Å². The number of rotatable bonds is 4. The van der Waals surface area contributed by atoms with Crippen molar-refractivity contribution in [1.29, 1.82) is 0 Å². The number of hydrogen-bond acceptors (Lipinski definition) is 4. The molecular weight excluding hydrogens is 176 g/mol. The zero-order valence-electron chi connectivity index (χ0n) is 6.76. The molecule has 62 valence electrons. The van der Waals surface area contributed by atoms with Gasteiger partial charge in [0.1, 0.15) is 5.01 Å². The van der Waals surface area contributed by atoms with Crippen molar-refractivity contribution < 1.29 is 0 Å². The molecule has 1 N–H and O–H groups in total. The average Bonchev–Trinajstić information content (AvgIpc) is 2.38. The van der Waals surface area contributed by atoms with Crippen molar-refractivity contribution in [2.75, 3.05) is 13.3 Å².